The summed E-state index contributed by atoms with van der Waals surface area (Å²) in [5, 5.41) is 7.57. The molecular weight excluding hydrogens is 226 g/mol. The lowest BCUT2D eigenvalue weighted by Gasteiger charge is -2.20. The van der Waals surface area contributed by atoms with Gasteiger partial charge >= 0.3 is 0 Å². The zero-order chi connectivity index (χ0) is 13.0. The number of nitrogens with one attached hydrogen (secondary N) is 1. The first kappa shape index (κ1) is 13.5. The standard InChI is InChI=1S/C14H25N3O/c1-4-15-14(2,3)13-16-12(17-18-13)11-9-7-5-6-8-10-11/h11,15H,4-10H2,1-3H3. The van der Waals surface area contributed by atoms with Gasteiger partial charge in [-0.1, -0.05) is 37.8 Å². The maximum Gasteiger partial charge on any atom is 0.246 e. The lowest BCUT2D eigenvalue weighted by atomic mass is 9.99. The molecule has 18 heavy (non-hydrogen) atoms. The molecule has 1 N–H and O–H groups in total. The predicted octanol–water partition coefficient (Wildman–Crippen LogP) is 3.35. The van der Waals surface area contributed by atoms with Crippen molar-refractivity contribution in [2.24, 2.45) is 0 Å². The summed E-state index contributed by atoms with van der Waals surface area (Å²) in [6.45, 7) is 7.15. The Labute approximate surface area is 110 Å². The molecule has 0 atom stereocenters. The smallest absolute Gasteiger partial charge is 0.246 e. The second kappa shape index (κ2) is 5.83. The largest absolute Gasteiger partial charge is 0.337 e. The van der Waals surface area contributed by atoms with Crippen molar-refractivity contribution < 1.29 is 4.52 Å². The van der Waals surface area contributed by atoms with Crippen LogP contribution in [0.1, 0.15) is 76.9 Å². The summed E-state index contributed by atoms with van der Waals surface area (Å²) in [4.78, 5) is 4.63. The van der Waals surface area contributed by atoms with Crippen LogP contribution in [0, 0.1) is 0 Å². The lowest BCUT2D eigenvalue weighted by molar-refractivity contribution is 0.270. The number of hydrogen-bond acceptors (Lipinski definition) is 4. The summed E-state index contributed by atoms with van der Waals surface area (Å²) in [5.74, 6) is 2.13. The van der Waals surface area contributed by atoms with E-state index in [1.54, 1.807) is 0 Å². The molecule has 4 heteroatoms. The minimum Gasteiger partial charge on any atom is -0.337 e. The Morgan fingerprint density at radius 1 is 1.22 bits per heavy atom. The molecule has 0 aromatic carbocycles. The summed E-state index contributed by atoms with van der Waals surface area (Å²) < 4.78 is 5.45. The molecule has 4 nitrogen and oxygen atoms in total. The molecule has 0 bridgehead atoms. The van der Waals surface area contributed by atoms with E-state index in [0.717, 1.165) is 12.4 Å². The minimum absolute atomic E-state index is 0.231. The molecule has 0 unspecified atom stereocenters. The molecule has 1 fully saturated rings. The molecule has 1 aromatic rings. The van der Waals surface area contributed by atoms with Gasteiger partial charge in [0.2, 0.25) is 5.89 Å². The van der Waals surface area contributed by atoms with Crippen LogP contribution in [-0.4, -0.2) is 16.7 Å². The summed E-state index contributed by atoms with van der Waals surface area (Å²) in [6.07, 6.45) is 7.71. The molecular formula is C14H25N3O. The average Bonchev–Trinajstić information content (AvgIpc) is 2.67. The minimum atomic E-state index is -0.231. The molecule has 1 aromatic heterocycles. The Hall–Kier alpha value is -0.900. The van der Waals surface area contributed by atoms with E-state index in [2.05, 4.69) is 36.2 Å². The maximum absolute atomic E-state index is 5.45. The van der Waals surface area contributed by atoms with Gasteiger partial charge in [0.05, 0.1) is 5.54 Å². The third-order valence-corrected chi connectivity index (χ3v) is 3.82. The van der Waals surface area contributed by atoms with Gasteiger partial charge in [-0.15, -0.1) is 0 Å². The number of nitrogens with zero attached hydrogens (tertiary/aromatic N) is 2. The van der Waals surface area contributed by atoms with E-state index in [1.807, 2.05) is 0 Å². The fourth-order valence-corrected chi connectivity index (χ4v) is 2.71. The van der Waals surface area contributed by atoms with Gasteiger partial charge < -0.3 is 9.84 Å². The highest BCUT2D eigenvalue weighted by atomic mass is 16.5. The Morgan fingerprint density at radius 3 is 2.50 bits per heavy atom. The average molecular weight is 251 g/mol. The molecule has 0 spiro atoms. The highest BCUT2D eigenvalue weighted by molar-refractivity contribution is 5.03. The quantitative estimate of drug-likeness (QED) is 0.834. The maximum atomic E-state index is 5.45. The second-order valence-electron chi connectivity index (χ2n) is 5.80. The second-order valence-corrected chi connectivity index (χ2v) is 5.80. The van der Waals surface area contributed by atoms with E-state index < -0.39 is 0 Å². The zero-order valence-electron chi connectivity index (χ0n) is 11.8. The van der Waals surface area contributed by atoms with Gasteiger partial charge in [0, 0.05) is 5.92 Å². The van der Waals surface area contributed by atoms with Crippen molar-refractivity contribution in [2.45, 2.75) is 70.8 Å². The predicted molar refractivity (Wildman–Crippen MR) is 71.4 cm³/mol. The molecule has 2 rings (SSSR count). The molecule has 0 radical (unpaired) electrons. The van der Waals surface area contributed by atoms with Gasteiger partial charge in [0.1, 0.15) is 0 Å². The van der Waals surface area contributed by atoms with Crippen LogP contribution in [0.15, 0.2) is 4.52 Å². The van der Waals surface area contributed by atoms with Crippen molar-refractivity contribution in [1.29, 1.82) is 0 Å². The first-order valence-electron chi connectivity index (χ1n) is 7.22. The van der Waals surface area contributed by atoms with Gasteiger partial charge in [0.25, 0.3) is 0 Å². The van der Waals surface area contributed by atoms with Crippen molar-refractivity contribution in [2.75, 3.05) is 6.54 Å². The Bertz CT molecular complexity index is 365. The molecule has 0 saturated heterocycles. The summed E-state index contributed by atoms with van der Waals surface area (Å²) >= 11 is 0. The monoisotopic (exact) mass is 251 g/mol. The van der Waals surface area contributed by atoms with E-state index in [1.165, 1.54) is 38.5 Å². The first-order valence-corrected chi connectivity index (χ1v) is 7.22. The summed E-state index contributed by atoms with van der Waals surface area (Å²) in [5.41, 5.74) is -0.231. The number of aromatic nitrogens is 2. The van der Waals surface area contributed by atoms with Crippen LogP contribution < -0.4 is 5.32 Å². The Kier molecular flexibility index (Phi) is 4.38. The van der Waals surface area contributed by atoms with E-state index in [9.17, 15) is 0 Å². The van der Waals surface area contributed by atoms with Crippen LogP contribution in [0.3, 0.4) is 0 Å². The van der Waals surface area contributed by atoms with E-state index in [0.29, 0.717) is 11.8 Å². The topological polar surface area (TPSA) is 51.0 Å². The van der Waals surface area contributed by atoms with Gasteiger partial charge in [-0.3, -0.25) is 0 Å². The first-order chi connectivity index (χ1) is 8.63. The van der Waals surface area contributed by atoms with Crippen molar-refractivity contribution in [3.63, 3.8) is 0 Å². The van der Waals surface area contributed by atoms with Crippen LogP contribution in [0.2, 0.25) is 0 Å². The van der Waals surface area contributed by atoms with Crippen LogP contribution >= 0.6 is 0 Å². The summed E-state index contributed by atoms with van der Waals surface area (Å²) in [6, 6.07) is 0. The normalized spacial score (nSPS) is 18.8. The van der Waals surface area contributed by atoms with Crippen molar-refractivity contribution in [1.82, 2.24) is 15.5 Å². The van der Waals surface area contributed by atoms with E-state index >= 15 is 0 Å². The lowest BCUT2D eigenvalue weighted by Crippen LogP contribution is -2.36. The highest BCUT2D eigenvalue weighted by Gasteiger charge is 2.28. The Balaban J connectivity index is 2.09. The molecule has 1 aliphatic carbocycles. The third-order valence-electron chi connectivity index (χ3n) is 3.82. The molecule has 1 heterocycles. The van der Waals surface area contributed by atoms with Crippen LogP contribution in [0.25, 0.3) is 0 Å². The highest BCUT2D eigenvalue weighted by Crippen LogP contribution is 2.30. The SMILES string of the molecule is CCNC(C)(C)c1nc(C2CCCCCC2)no1. The van der Waals surface area contributed by atoms with Crippen LogP contribution in [0.5, 0.6) is 0 Å². The van der Waals surface area contributed by atoms with Gasteiger partial charge in [-0.25, -0.2) is 0 Å². The molecule has 102 valence electrons. The Morgan fingerprint density at radius 2 is 1.89 bits per heavy atom. The van der Waals surface area contributed by atoms with Crippen LogP contribution in [0.4, 0.5) is 0 Å². The van der Waals surface area contributed by atoms with Crippen molar-refractivity contribution in [3.05, 3.63) is 11.7 Å². The van der Waals surface area contributed by atoms with E-state index in [-0.39, 0.29) is 5.54 Å². The molecule has 0 amide bonds. The van der Waals surface area contributed by atoms with Gasteiger partial charge in [-0.05, 0) is 33.2 Å². The fraction of sp³-hybridized carbons (Fsp3) is 0.857. The summed E-state index contributed by atoms with van der Waals surface area (Å²) in [7, 11) is 0. The number of rotatable bonds is 4. The van der Waals surface area contributed by atoms with Crippen LogP contribution in [-0.2, 0) is 5.54 Å². The van der Waals surface area contributed by atoms with Gasteiger partial charge in [-0.2, -0.15) is 4.98 Å². The van der Waals surface area contributed by atoms with E-state index in [4.69, 9.17) is 4.52 Å². The van der Waals surface area contributed by atoms with Gasteiger partial charge in [0.15, 0.2) is 5.82 Å². The zero-order valence-corrected chi connectivity index (χ0v) is 11.8. The third kappa shape index (κ3) is 3.10. The van der Waals surface area contributed by atoms with Crippen molar-refractivity contribution in [3.8, 4) is 0 Å². The molecule has 0 aliphatic heterocycles. The molecule has 1 saturated carbocycles. The number of hydrogen-bond donors (Lipinski definition) is 1. The fourth-order valence-electron chi connectivity index (χ4n) is 2.71. The molecule has 1 aliphatic rings. The van der Waals surface area contributed by atoms with Crippen molar-refractivity contribution >= 4 is 0 Å².